The first-order valence-electron chi connectivity index (χ1n) is 9.02. The van der Waals surface area contributed by atoms with E-state index < -0.39 is 12.3 Å². The number of aliphatic hydroxyl groups is 1. The summed E-state index contributed by atoms with van der Waals surface area (Å²) in [4.78, 5) is 0. The van der Waals surface area contributed by atoms with Crippen molar-refractivity contribution in [3.8, 4) is 5.75 Å². The molecule has 0 saturated heterocycles. The van der Waals surface area contributed by atoms with E-state index in [2.05, 4.69) is 10.3 Å². The minimum absolute atomic E-state index is 0.227. The van der Waals surface area contributed by atoms with Crippen LogP contribution in [0, 0.1) is 5.92 Å². The van der Waals surface area contributed by atoms with Crippen LogP contribution < -0.4 is 4.74 Å². The first-order chi connectivity index (χ1) is 12.3. The van der Waals surface area contributed by atoms with Crippen LogP contribution in [-0.4, -0.2) is 26.2 Å². The molecule has 5 heteroatoms. The van der Waals surface area contributed by atoms with Crippen LogP contribution in [0.15, 0.2) is 54.6 Å². The van der Waals surface area contributed by atoms with Crippen LogP contribution in [0.5, 0.6) is 5.75 Å². The van der Waals surface area contributed by atoms with Gasteiger partial charge in [-0.1, -0.05) is 54.8 Å². The molecule has 3 aromatic rings. The minimum Gasteiger partial charge on any atom is -0.466 e. The molecule has 1 N–H and O–H groups in total. The molecule has 0 bridgehead atoms. The Balaban J connectivity index is 1.69. The lowest BCUT2D eigenvalue weighted by molar-refractivity contribution is -0.0557. The van der Waals surface area contributed by atoms with E-state index in [-0.39, 0.29) is 5.92 Å². The molecule has 1 aliphatic rings. The number of fused-ring (bicyclic) bond motifs is 1. The van der Waals surface area contributed by atoms with Gasteiger partial charge in [-0.3, -0.25) is 0 Å². The molecule has 1 aliphatic carbocycles. The maximum atomic E-state index is 11.1. The summed E-state index contributed by atoms with van der Waals surface area (Å²) in [6.07, 6.45) is 4.43. The van der Waals surface area contributed by atoms with Crippen molar-refractivity contribution in [1.29, 1.82) is 0 Å². The Hall–Kier alpha value is -2.40. The Morgan fingerprint density at radius 1 is 0.960 bits per heavy atom. The second-order valence-electron chi connectivity index (χ2n) is 6.73. The van der Waals surface area contributed by atoms with Crippen LogP contribution in [0.2, 0.25) is 0 Å². The van der Waals surface area contributed by atoms with Gasteiger partial charge >= 0.3 is 0 Å². The van der Waals surface area contributed by atoms with Gasteiger partial charge < -0.3 is 9.84 Å². The quantitative estimate of drug-likeness (QED) is 0.766. The van der Waals surface area contributed by atoms with Crippen molar-refractivity contribution in [2.75, 3.05) is 0 Å². The van der Waals surface area contributed by atoms with Gasteiger partial charge in [0.05, 0.1) is 5.52 Å². The van der Waals surface area contributed by atoms with Crippen molar-refractivity contribution in [3.63, 3.8) is 0 Å². The average Bonchev–Trinajstić information content (AvgIpc) is 3.11. The Kier molecular flexibility index (Phi) is 4.65. The lowest BCUT2D eigenvalue weighted by Gasteiger charge is -2.32. The number of aromatic nitrogens is 3. The van der Waals surface area contributed by atoms with E-state index in [1.807, 2.05) is 54.6 Å². The SMILES string of the molecule is OC(C1CCCCC1)C(Oc1ccccc1)n1nnc2ccccc21. The molecule has 2 atom stereocenters. The molecular formula is C20H23N3O2. The van der Waals surface area contributed by atoms with E-state index in [9.17, 15) is 5.11 Å². The normalized spacial score (nSPS) is 18.1. The number of hydrogen-bond donors (Lipinski definition) is 1. The molecule has 1 aromatic heterocycles. The van der Waals surface area contributed by atoms with Gasteiger partial charge in [0.15, 0.2) is 0 Å². The molecule has 2 aromatic carbocycles. The second kappa shape index (κ2) is 7.23. The van der Waals surface area contributed by atoms with Crippen molar-refractivity contribution < 1.29 is 9.84 Å². The number of rotatable bonds is 5. The van der Waals surface area contributed by atoms with Crippen LogP contribution in [0.1, 0.15) is 38.3 Å². The van der Waals surface area contributed by atoms with Crippen LogP contribution >= 0.6 is 0 Å². The number of ether oxygens (including phenoxy) is 1. The van der Waals surface area contributed by atoms with Gasteiger partial charge in [0.1, 0.15) is 17.4 Å². The number of benzene rings is 2. The highest BCUT2D eigenvalue weighted by molar-refractivity contribution is 5.73. The lowest BCUT2D eigenvalue weighted by Crippen LogP contribution is -2.36. The highest BCUT2D eigenvalue weighted by atomic mass is 16.5. The first kappa shape index (κ1) is 16.1. The van der Waals surface area contributed by atoms with E-state index in [1.54, 1.807) is 4.68 Å². The summed E-state index contributed by atoms with van der Waals surface area (Å²) >= 11 is 0. The summed E-state index contributed by atoms with van der Waals surface area (Å²) in [7, 11) is 0. The highest BCUT2D eigenvalue weighted by Crippen LogP contribution is 2.33. The zero-order valence-electron chi connectivity index (χ0n) is 14.2. The smallest absolute Gasteiger partial charge is 0.219 e. The molecule has 0 aliphatic heterocycles. The van der Waals surface area contributed by atoms with Gasteiger partial charge in [-0.05, 0) is 43.0 Å². The fraction of sp³-hybridized carbons (Fsp3) is 0.400. The zero-order chi connectivity index (χ0) is 17.1. The Morgan fingerprint density at radius 2 is 1.68 bits per heavy atom. The summed E-state index contributed by atoms with van der Waals surface area (Å²) in [5.74, 6) is 0.951. The molecule has 5 nitrogen and oxygen atoms in total. The fourth-order valence-corrected chi connectivity index (χ4v) is 3.69. The van der Waals surface area contributed by atoms with Crippen molar-refractivity contribution in [2.45, 2.75) is 44.4 Å². The van der Waals surface area contributed by atoms with E-state index in [0.717, 1.165) is 42.5 Å². The molecule has 25 heavy (non-hydrogen) atoms. The average molecular weight is 337 g/mol. The number of nitrogens with zero attached hydrogens (tertiary/aromatic N) is 3. The molecule has 4 rings (SSSR count). The van der Waals surface area contributed by atoms with E-state index in [1.165, 1.54) is 6.42 Å². The topological polar surface area (TPSA) is 60.2 Å². The number of para-hydroxylation sites is 2. The fourth-order valence-electron chi connectivity index (χ4n) is 3.69. The second-order valence-corrected chi connectivity index (χ2v) is 6.73. The number of hydrogen-bond acceptors (Lipinski definition) is 4. The van der Waals surface area contributed by atoms with Gasteiger partial charge in [-0.2, -0.15) is 0 Å². The summed E-state index contributed by atoms with van der Waals surface area (Å²) in [6.45, 7) is 0. The van der Waals surface area contributed by atoms with Crippen LogP contribution in [0.3, 0.4) is 0 Å². The molecule has 0 amide bonds. The number of aliphatic hydroxyl groups excluding tert-OH is 1. The maximum Gasteiger partial charge on any atom is 0.219 e. The highest BCUT2D eigenvalue weighted by Gasteiger charge is 2.33. The third kappa shape index (κ3) is 3.37. The zero-order valence-corrected chi connectivity index (χ0v) is 14.2. The maximum absolute atomic E-state index is 11.1. The van der Waals surface area contributed by atoms with Crippen LogP contribution in [0.4, 0.5) is 0 Å². The van der Waals surface area contributed by atoms with Crippen molar-refractivity contribution in [2.24, 2.45) is 5.92 Å². The summed E-state index contributed by atoms with van der Waals surface area (Å²) in [5, 5.41) is 19.6. The van der Waals surface area contributed by atoms with E-state index in [0.29, 0.717) is 0 Å². The third-order valence-electron chi connectivity index (χ3n) is 5.04. The monoisotopic (exact) mass is 337 g/mol. The Labute approximate surface area is 147 Å². The summed E-state index contributed by atoms with van der Waals surface area (Å²) in [5.41, 5.74) is 1.68. The van der Waals surface area contributed by atoms with Crippen molar-refractivity contribution in [3.05, 3.63) is 54.6 Å². The molecule has 0 spiro atoms. The van der Waals surface area contributed by atoms with Gasteiger partial charge in [0, 0.05) is 0 Å². The van der Waals surface area contributed by atoms with E-state index in [4.69, 9.17) is 4.74 Å². The van der Waals surface area contributed by atoms with E-state index >= 15 is 0 Å². The van der Waals surface area contributed by atoms with Crippen LogP contribution in [-0.2, 0) is 0 Å². The largest absolute Gasteiger partial charge is 0.466 e. The Bertz CT molecular complexity index is 812. The minimum atomic E-state index is -0.620. The first-order valence-corrected chi connectivity index (χ1v) is 9.02. The lowest BCUT2D eigenvalue weighted by atomic mass is 9.84. The van der Waals surface area contributed by atoms with Crippen molar-refractivity contribution >= 4 is 11.0 Å². The Morgan fingerprint density at radius 3 is 2.48 bits per heavy atom. The molecule has 1 heterocycles. The molecule has 130 valence electrons. The van der Waals surface area contributed by atoms with Gasteiger partial charge in [-0.25, -0.2) is 4.68 Å². The molecular weight excluding hydrogens is 314 g/mol. The molecule has 1 saturated carbocycles. The van der Waals surface area contributed by atoms with Crippen LogP contribution in [0.25, 0.3) is 11.0 Å². The standard InChI is InChI=1S/C20H23N3O2/c24-19(15-9-3-1-4-10-15)20(25-16-11-5-2-6-12-16)23-18-14-8-7-13-17(18)21-22-23/h2,5-8,11-15,19-20,24H,1,3-4,9-10H2. The van der Waals surface area contributed by atoms with Gasteiger partial charge in [0.2, 0.25) is 6.23 Å². The predicted octanol–water partition coefficient (Wildman–Crippen LogP) is 3.95. The molecule has 2 unspecified atom stereocenters. The summed E-state index contributed by atoms with van der Waals surface area (Å²) in [6, 6.07) is 17.4. The predicted molar refractivity (Wildman–Crippen MR) is 96.2 cm³/mol. The van der Waals surface area contributed by atoms with Crippen molar-refractivity contribution in [1.82, 2.24) is 15.0 Å². The molecule has 1 fully saturated rings. The van der Waals surface area contributed by atoms with Gasteiger partial charge in [-0.15, -0.1) is 5.10 Å². The van der Waals surface area contributed by atoms with Gasteiger partial charge in [0.25, 0.3) is 0 Å². The summed E-state index contributed by atoms with van der Waals surface area (Å²) < 4.78 is 7.92. The third-order valence-corrected chi connectivity index (χ3v) is 5.04. The molecule has 0 radical (unpaired) electrons.